The number of nitrogens with zero attached hydrogens (tertiary/aromatic N) is 1. The summed E-state index contributed by atoms with van der Waals surface area (Å²) < 4.78 is 5.41. The number of rotatable bonds is 1. The zero-order chi connectivity index (χ0) is 27.4. The van der Waals surface area contributed by atoms with Gasteiger partial charge in [-0.1, -0.05) is 60.1 Å². The first kappa shape index (κ1) is 26.4. The maximum Gasteiger partial charge on any atom is 0.312 e. The number of nitriles is 1. The Labute approximate surface area is 222 Å². The summed E-state index contributed by atoms with van der Waals surface area (Å²) in [4.78, 5) is 40.9. The Kier molecular flexibility index (Phi) is 5.47. The minimum absolute atomic E-state index is 0.0308. The molecule has 3 fully saturated rings. The summed E-state index contributed by atoms with van der Waals surface area (Å²) in [5.74, 6) is -0.376. The van der Waals surface area contributed by atoms with E-state index in [0.29, 0.717) is 0 Å². The number of carbonyl (C=O) groups excluding carboxylic acids is 3. The molecule has 5 aliphatic rings. The molecule has 5 rings (SSSR count). The lowest BCUT2D eigenvalue weighted by Crippen LogP contribution is -2.65. The first-order valence-electron chi connectivity index (χ1n) is 14.1. The van der Waals surface area contributed by atoms with Crippen LogP contribution < -0.4 is 0 Å². The van der Waals surface area contributed by atoms with Gasteiger partial charge in [0.2, 0.25) is 0 Å². The molecule has 0 N–H and O–H groups in total. The van der Waals surface area contributed by atoms with Crippen molar-refractivity contribution < 1.29 is 19.1 Å². The fourth-order valence-corrected chi connectivity index (χ4v) is 10.2. The Hall–Kier alpha value is -2.22. The van der Waals surface area contributed by atoms with Gasteiger partial charge in [-0.3, -0.25) is 14.4 Å². The third-order valence-corrected chi connectivity index (χ3v) is 12.5. The van der Waals surface area contributed by atoms with Crippen molar-refractivity contribution in [2.24, 2.45) is 50.2 Å². The van der Waals surface area contributed by atoms with Crippen LogP contribution in [-0.4, -0.2) is 24.6 Å². The third kappa shape index (κ3) is 3.11. The van der Waals surface area contributed by atoms with Gasteiger partial charge in [0.05, 0.1) is 18.1 Å². The normalized spacial score (nSPS) is 45.6. The summed E-state index contributed by atoms with van der Waals surface area (Å²) in [6, 6.07) is 2.17. The fourth-order valence-electron chi connectivity index (χ4n) is 10.2. The molecule has 5 heteroatoms. The molecule has 200 valence electrons. The molecule has 0 radical (unpaired) electrons. The number of hydrogen-bond donors (Lipinski definition) is 0. The van der Waals surface area contributed by atoms with Crippen LogP contribution in [0, 0.1) is 61.6 Å². The molecule has 7 atom stereocenters. The number of hydrogen-bond acceptors (Lipinski definition) is 5. The number of esters is 1. The van der Waals surface area contributed by atoms with Crippen molar-refractivity contribution >= 4 is 17.5 Å². The summed E-state index contributed by atoms with van der Waals surface area (Å²) in [6.07, 6.45) is 9.65. The van der Waals surface area contributed by atoms with Gasteiger partial charge in [-0.25, -0.2) is 0 Å². The summed E-state index contributed by atoms with van der Waals surface area (Å²) in [5.41, 5.74) is -1.02. The van der Waals surface area contributed by atoms with Crippen LogP contribution in [-0.2, 0) is 19.1 Å². The molecule has 0 saturated heterocycles. The second-order valence-corrected chi connectivity index (χ2v) is 14.9. The number of ether oxygens (including phenoxy) is 1. The number of ketones is 2. The Morgan fingerprint density at radius 2 is 1.65 bits per heavy atom. The van der Waals surface area contributed by atoms with Crippen LogP contribution in [0.4, 0.5) is 0 Å². The average molecular weight is 506 g/mol. The van der Waals surface area contributed by atoms with E-state index in [1.165, 1.54) is 7.11 Å². The number of carbonyl (C=O) groups is 3. The van der Waals surface area contributed by atoms with Crippen molar-refractivity contribution in [1.29, 1.82) is 5.26 Å². The van der Waals surface area contributed by atoms with Crippen molar-refractivity contribution in [3.05, 3.63) is 23.3 Å². The van der Waals surface area contributed by atoms with Gasteiger partial charge in [-0.15, -0.1) is 0 Å². The molecule has 0 aromatic carbocycles. The van der Waals surface area contributed by atoms with Crippen LogP contribution in [0.5, 0.6) is 0 Å². The Bertz CT molecular complexity index is 1200. The van der Waals surface area contributed by atoms with Gasteiger partial charge in [0.15, 0.2) is 11.6 Å². The van der Waals surface area contributed by atoms with Gasteiger partial charge < -0.3 is 4.74 Å². The van der Waals surface area contributed by atoms with Gasteiger partial charge in [0.25, 0.3) is 0 Å². The molecule has 1 unspecified atom stereocenters. The molecule has 37 heavy (non-hydrogen) atoms. The predicted molar refractivity (Wildman–Crippen MR) is 141 cm³/mol. The van der Waals surface area contributed by atoms with E-state index in [1.807, 2.05) is 26.0 Å². The molecule has 0 aliphatic heterocycles. The molecule has 3 saturated carbocycles. The average Bonchev–Trinajstić information content (AvgIpc) is 2.82. The Morgan fingerprint density at radius 1 is 1.00 bits per heavy atom. The van der Waals surface area contributed by atoms with Crippen molar-refractivity contribution in [2.75, 3.05) is 7.11 Å². The van der Waals surface area contributed by atoms with Gasteiger partial charge >= 0.3 is 5.97 Å². The van der Waals surface area contributed by atoms with E-state index >= 15 is 0 Å². The number of methoxy groups -OCH3 is 1. The Balaban J connectivity index is 1.71. The quantitative estimate of drug-likeness (QED) is 0.386. The molecule has 0 aromatic heterocycles. The molecule has 0 amide bonds. The molecule has 0 heterocycles. The smallest absolute Gasteiger partial charge is 0.312 e. The van der Waals surface area contributed by atoms with Gasteiger partial charge in [0, 0.05) is 16.7 Å². The molecule has 0 spiro atoms. The SMILES string of the molecule is COC(=O)[C@]12CCC(C)(C)C[C@H]1C1C(=O)C=C3[C@@]4(C)C=C(C#N)C(=O)C(C)(C)[C@@H]4CC[C@@]3(C)[C@]1(C)CC2. The van der Waals surface area contributed by atoms with E-state index in [-0.39, 0.29) is 57.1 Å². The van der Waals surface area contributed by atoms with E-state index < -0.39 is 16.2 Å². The van der Waals surface area contributed by atoms with E-state index in [9.17, 15) is 19.6 Å². The predicted octanol–water partition coefficient (Wildman–Crippen LogP) is 6.38. The highest BCUT2D eigenvalue weighted by atomic mass is 16.5. The van der Waals surface area contributed by atoms with Gasteiger partial charge in [0.1, 0.15) is 6.07 Å². The lowest BCUT2D eigenvalue weighted by molar-refractivity contribution is -0.191. The minimum atomic E-state index is -0.669. The van der Waals surface area contributed by atoms with E-state index in [2.05, 4.69) is 40.7 Å². The summed E-state index contributed by atoms with van der Waals surface area (Å²) >= 11 is 0. The van der Waals surface area contributed by atoms with E-state index in [1.54, 1.807) is 0 Å². The maximum atomic E-state index is 14.4. The third-order valence-electron chi connectivity index (χ3n) is 12.5. The second kappa shape index (κ2) is 7.67. The lowest BCUT2D eigenvalue weighted by atomic mass is 9.34. The topological polar surface area (TPSA) is 84.2 Å². The minimum Gasteiger partial charge on any atom is -0.469 e. The Morgan fingerprint density at radius 3 is 2.27 bits per heavy atom. The first-order valence-corrected chi connectivity index (χ1v) is 14.1. The van der Waals surface area contributed by atoms with Crippen molar-refractivity contribution in [3.63, 3.8) is 0 Å². The van der Waals surface area contributed by atoms with E-state index in [0.717, 1.165) is 50.5 Å². The second-order valence-electron chi connectivity index (χ2n) is 14.9. The van der Waals surface area contributed by atoms with Gasteiger partial charge in [-0.2, -0.15) is 5.26 Å². The van der Waals surface area contributed by atoms with Crippen LogP contribution >= 0.6 is 0 Å². The largest absolute Gasteiger partial charge is 0.469 e. The molecule has 0 aromatic rings. The summed E-state index contributed by atoms with van der Waals surface area (Å²) in [7, 11) is 1.48. The van der Waals surface area contributed by atoms with Crippen molar-refractivity contribution in [2.45, 2.75) is 93.4 Å². The number of allylic oxidation sites excluding steroid dienone is 4. The highest BCUT2D eigenvalue weighted by Gasteiger charge is 2.71. The zero-order valence-electron chi connectivity index (χ0n) is 23.9. The fraction of sp³-hybridized carbons (Fsp3) is 0.750. The van der Waals surface area contributed by atoms with Crippen molar-refractivity contribution in [1.82, 2.24) is 0 Å². The molecular formula is C32H43NO4. The van der Waals surface area contributed by atoms with Crippen LogP contribution in [0.25, 0.3) is 0 Å². The lowest BCUT2D eigenvalue weighted by Gasteiger charge is -2.68. The molecule has 0 bridgehead atoms. The van der Waals surface area contributed by atoms with Crippen LogP contribution in [0.3, 0.4) is 0 Å². The van der Waals surface area contributed by atoms with E-state index in [4.69, 9.17) is 4.74 Å². The number of fused-ring (bicyclic) bond motifs is 7. The monoisotopic (exact) mass is 505 g/mol. The standard InChI is InChI=1S/C32H43NO4/c1-27(2)11-13-32(26(36)37-8)14-12-31(7)24(20(32)17-27)21(34)15-23-29(5)16-19(18-33)25(35)28(3,4)22(29)9-10-30(23,31)6/h15-16,20,22,24H,9-14,17H2,1-8H3/t20-,22-,24?,29-,30+,31+,32-/m0/s1. The highest BCUT2D eigenvalue weighted by Crippen LogP contribution is 2.74. The van der Waals surface area contributed by atoms with Crippen LogP contribution in [0.2, 0.25) is 0 Å². The molecular weight excluding hydrogens is 462 g/mol. The van der Waals surface area contributed by atoms with Crippen molar-refractivity contribution in [3.8, 4) is 6.07 Å². The van der Waals surface area contributed by atoms with Crippen LogP contribution in [0.15, 0.2) is 23.3 Å². The van der Waals surface area contributed by atoms with Crippen LogP contribution in [0.1, 0.15) is 93.4 Å². The zero-order valence-corrected chi connectivity index (χ0v) is 23.9. The molecule has 5 nitrogen and oxygen atoms in total. The highest BCUT2D eigenvalue weighted by molar-refractivity contribution is 6.04. The summed E-state index contributed by atoms with van der Waals surface area (Å²) in [5, 5.41) is 9.86. The maximum absolute atomic E-state index is 14.4. The molecule has 5 aliphatic carbocycles. The van der Waals surface area contributed by atoms with Gasteiger partial charge in [-0.05, 0) is 79.1 Å². The number of Topliss-reactive ketones (excluding diaryl/α,β-unsaturated/α-hetero) is 1. The summed E-state index contributed by atoms with van der Waals surface area (Å²) in [6.45, 7) is 15.2. The first-order chi connectivity index (χ1) is 17.0.